The summed E-state index contributed by atoms with van der Waals surface area (Å²) in [7, 11) is -3.99. The van der Waals surface area contributed by atoms with Crippen molar-refractivity contribution in [3.8, 4) is 0 Å². The normalized spacial score (nSPS) is 16.9. The van der Waals surface area contributed by atoms with E-state index in [1.165, 1.54) is 17.7 Å². The molecule has 0 radical (unpaired) electrons. The van der Waals surface area contributed by atoms with Gasteiger partial charge in [-0.2, -0.15) is 5.10 Å². The molecule has 112 valence electrons. The van der Waals surface area contributed by atoms with Crippen LogP contribution in [0.5, 0.6) is 0 Å². The third kappa shape index (κ3) is 3.64. The SMILES string of the molecule is CC1=C/C(=N/Nc2ccc(S(N)(=O)=O)cc2[N+](=O)[O-])CC1. The Morgan fingerprint density at radius 2 is 2.10 bits per heavy atom. The molecule has 1 aromatic carbocycles. The summed E-state index contributed by atoms with van der Waals surface area (Å²) in [5.74, 6) is 0. The van der Waals surface area contributed by atoms with Gasteiger partial charge >= 0.3 is 0 Å². The highest BCUT2D eigenvalue weighted by Gasteiger charge is 2.19. The molecule has 0 unspecified atom stereocenters. The van der Waals surface area contributed by atoms with Gasteiger partial charge in [0.15, 0.2) is 0 Å². The van der Waals surface area contributed by atoms with Gasteiger partial charge < -0.3 is 0 Å². The Bertz CT molecular complexity index is 753. The third-order valence-electron chi connectivity index (χ3n) is 3.00. The fourth-order valence-electron chi connectivity index (χ4n) is 1.91. The molecule has 0 spiro atoms. The molecular formula is C12H14N4O4S. The van der Waals surface area contributed by atoms with Gasteiger partial charge in [0.1, 0.15) is 5.69 Å². The molecule has 2 rings (SSSR count). The Labute approximate surface area is 121 Å². The second-order valence-corrected chi connectivity index (χ2v) is 6.25. The summed E-state index contributed by atoms with van der Waals surface area (Å²) in [6.07, 6.45) is 3.58. The lowest BCUT2D eigenvalue weighted by Gasteiger charge is -2.05. The number of allylic oxidation sites excluding steroid dienone is 2. The fourth-order valence-corrected chi connectivity index (χ4v) is 2.44. The van der Waals surface area contributed by atoms with Crippen molar-refractivity contribution in [2.24, 2.45) is 10.2 Å². The second-order valence-electron chi connectivity index (χ2n) is 4.69. The lowest BCUT2D eigenvalue weighted by atomic mass is 10.3. The van der Waals surface area contributed by atoms with Crippen molar-refractivity contribution in [3.05, 3.63) is 40.0 Å². The molecule has 0 aromatic heterocycles. The maximum atomic E-state index is 11.2. The van der Waals surface area contributed by atoms with E-state index in [1.54, 1.807) is 0 Å². The number of hydrazone groups is 1. The predicted molar refractivity (Wildman–Crippen MR) is 78.5 cm³/mol. The van der Waals surface area contributed by atoms with Crippen LogP contribution in [0.1, 0.15) is 19.8 Å². The predicted octanol–water partition coefficient (Wildman–Crippen LogP) is 1.75. The minimum atomic E-state index is -3.99. The lowest BCUT2D eigenvalue weighted by molar-refractivity contribution is -0.384. The molecule has 0 fully saturated rings. The van der Waals surface area contributed by atoms with E-state index in [2.05, 4.69) is 10.5 Å². The van der Waals surface area contributed by atoms with E-state index in [1.807, 2.05) is 13.0 Å². The van der Waals surface area contributed by atoms with Crippen LogP contribution in [0.3, 0.4) is 0 Å². The minimum Gasteiger partial charge on any atom is -0.271 e. The Morgan fingerprint density at radius 1 is 1.38 bits per heavy atom. The molecule has 8 nitrogen and oxygen atoms in total. The fraction of sp³-hybridized carbons (Fsp3) is 0.250. The zero-order valence-electron chi connectivity index (χ0n) is 11.2. The quantitative estimate of drug-likeness (QED) is 0.646. The number of nitro groups is 1. The molecule has 0 aliphatic heterocycles. The molecule has 3 N–H and O–H groups in total. The first-order valence-corrected chi connectivity index (χ1v) is 7.63. The van der Waals surface area contributed by atoms with Crippen LogP contribution in [0.4, 0.5) is 11.4 Å². The first-order valence-electron chi connectivity index (χ1n) is 6.08. The Kier molecular flexibility index (Phi) is 4.05. The average molecular weight is 310 g/mol. The number of benzene rings is 1. The van der Waals surface area contributed by atoms with Crippen LogP contribution in [0.2, 0.25) is 0 Å². The molecule has 0 atom stereocenters. The van der Waals surface area contributed by atoms with Crippen molar-refractivity contribution in [1.29, 1.82) is 0 Å². The maximum Gasteiger partial charge on any atom is 0.295 e. The highest BCUT2D eigenvalue weighted by atomic mass is 32.2. The van der Waals surface area contributed by atoms with Crippen LogP contribution in [-0.4, -0.2) is 19.1 Å². The number of nitro benzene ring substituents is 1. The van der Waals surface area contributed by atoms with Gasteiger partial charge in [-0.05, 0) is 38.0 Å². The smallest absolute Gasteiger partial charge is 0.271 e. The number of nitrogens with two attached hydrogens (primary N) is 1. The van der Waals surface area contributed by atoms with E-state index in [9.17, 15) is 18.5 Å². The molecule has 1 aliphatic carbocycles. The molecule has 0 amide bonds. The molecule has 0 saturated heterocycles. The first-order chi connectivity index (χ1) is 9.77. The van der Waals surface area contributed by atoms with Crippen LogP contribution in [-0.2, 0) is 10.0 Å². The van der Waals surface area contributed by atoms with E-state index in [0.717, 1.165) is 24.6 Å². The molecule has 0 bridgehead atoms. The number of hydrogen-bond donors (Lipinski definition) is 2. The first kappa shape index (κ1) is 15.1. The number of anilines is 1. The van der Waals surface area contributed by atoms with Crippen LogP contribution in [0, 0.1) is 10.1 Å². The van der Waals surface area contributed by atoms with Gasteiger partial charge in [0, 0.05) is 6.07 Å². The molecule has 1 aromatic rings. The Hall–Kier alpha value is -2.26. The van der Waals surface area contributed by atoms with Gasteiger partial charge in [0.25, 0.3) is 5.69 Å². The molecule has 0 saturated carbocycles. The highest BCUT2D eigenvalue weighted by molar-refractivity contribution is 7.89. The standard InChI is InChI=1S/C12H14N4O4S/c1-8-2-3-9(6-8)14-15-11-5-4-10(21(13,19)20)7-12(11)16(17)18/h4-7,15H,2-3H2,1H3,(H2,13,19,20)/b14-9+. The monoisotopic (exact) mass is 310 g/mol. The largest absolute Gasteiger partial charge is 0.295 e. The summed E-state index contributed by atoms with van der Waals surface area (Å²) in [4.78, 5) is 10.0. The number of sulfonamides is 1. The summed E-state index contributed by atoms with van der Waals surface area (Å²) in [5.41, 5.74) is 4.29. The van der Waals surface area contributed by atoms with Crippen LogP contribution < -0.4 is 10.6 Å². The van der Waals surface area contributed by atoms with Gasteiger partial charge in [-0.25, -0.2) is 13.6 Å². The van der Waals surface area contributed by atoms with Crippen LogP contribution in [0.15, 0.2) is 39.8 Å². The van der Waals surface area contributed by atoms with Crippen molar-refractivity contribution in [2.45, 2.75) is 24.7 Å². The van der Waals surface area contributed by atoms with Gasteiger partial charge in [0.2, 0.25) is 10.0 Å². The molecule has 21 heavy (non-hydrogen) atoms. The van der Waals surface area contributed by atoms with Crippen LogP contribution >= 0.6 is 0 Å². The highest BCUT2D eigenvalue weighted by Crippen LogP contribution is 2.27. The second kappa shape index (κ2) is 5.62. The van der Waals surface area contributed by atoms with E-state index < -0.39 is 20.6 Å². The number of nitrogens with zero attached hydrogens (tertiary/aromatic N) is 2. The number of hydrogen-bond acceptors (Lipinski definition) is 6. The van der Waals surface area contributed by atoms with Gasteiger partial charge in [-0.15, -0.1) is 0 Å². The summed E-state index contributed by atoms with van der Waals surface area (Å²) in [6, 6.07) is 3.38. The van der Waals surface area contributed by atoms with Gasteiger partial charge in [0.05, 0.1) is 15.5 Å². The van der Waals surface area contributed by atoms with E-state index >= 15 is 0 Å². The Morgan fingerprint density at radius 3 is 2.62 bits per heavy atom. The van der Waals surface area contributed by atoms with Crippen molar-refractivity contribution >= 4 is 27.1 Å². The van der Waals surface area contributed by atoms with Crippen molar-refractivity contribution in [3.63, 3.8) is 0 Å². The summed E-state index contributed by atoms with van der Waals surface area (Å²) < 4.78 is 22.4. The van der Waals surface area contributed by atoms with E-state index in [4.69, 9.17) is 5.14 Å². The van der Waals surface area contributed by atoms with Gasteiger partial charge in [-0.3, -0.25) is 15.5 Å². The molecule has 1 aliphatic rings. The van der Waals surface area contributed by atoms with Crippen molar-refractivity contribution < 1.29 is 13.3 Å². The molecule has 0 heterocycles. The lowest BCUT2D eigenvalue weighted by Crippen LogP contribution is -2.12. The Balaban J connectivity index is 2.34. The minimum absolute atomic E-state index is 0.109. The zero-order chi connectivity index (χ0) is 15.6. The summed E-state index contributed by atoms with van der Waals surface area (Å²) in [6.45, 7) is 1.98. The number of primary sulfonamides is 1. The van der Waals surface area contributed by atoms with Crippen molar-refractivity contribution in [1.82, 2.24) is 0 Å². The third-order valence-corrected chi connectivity index (χ3v) is 3.91. The summed E-state index contributed by atoms with van der Waals surface area (Å²) >= 11 is 0. The molecule has 9 heteroatoms. The number of rotatable bonds is 4. The van der Waals surface area contributed by atoms with E-state index in [-0.39, 0.29) is 10.6 Å². The zero-order valence-corrected chi connectivity index (χ0v) is 12.1. The molecular weight excluding hydrogens is 296 g/mol. The summed E-state index contributed by atoms with van der Waals surface area (Å²) in [5, 5.41) is 20.1. The topological polar surface area (TPSA) is 128 Å². The number of nitrogens with one attached hydrogen (secondary N) is 1. The van der Waals surface area contributed by atoms with E-state index in [0.29, 0.717) is 0 Å². The van der Waals surface area contributed by atoms with Gasteiger partial charge in [-0.1, -0.05) is 5.57 Å². The van der Waals surface area contributed by atoms with Crippen LogP contribution in [0.25, 0.3) is 0 Å². The maximum absolute atomic E-state index is 11.2. The van der Waals surface area contributed by atoms with Crippen molar-refractivity contribution in [2.75, 3.05) is 5.43 Å². The average Bonchev–Trinajstić information content (AvgIpc) is 2.80.